The molecule has 17 heavy (non-hydrogen) atoms. The average molecular weight is 237 g/mol. The predicted octanol–water partition coefficient (Wildman–Crippen LogP) is 2.76. The fourth-order valence-corrected chi connectivity index (χ4v) is 2.41. The highest BCUT2D eigenvalue weighted by molar-refractivity contribution is 5.00. The summed E-state index contributed by atoms with van der Waals surface area (Å²) < 4.78 is 11.1. The Morgan fingerprint density at radius 3 is 3.12 bits per heavy atom. The number of nitrogens with one attached hydrogen (secondary N) is 1. The van der Waals surface area contributed by atoms with Gasteiger partial charge in [-0.3, -0.25) is 0 Å². The van der Waals surface area contributed by atoms with Gasteiger partial charge in [0.1, 0.15) is 5.76 Å². The van der Waals surface area contributed by atoms with Crippen molar-refractivity contribution < 1.29 is 9.15 Å². The Morgan fingerprint density at radius 2 is 2.47 bits per heavy atom. The Kier molecular flexibility index (Phi) is 5.08. The summed E-state index contributed by atoms with van der Waals surface area (Å²) in [5, 5.41) is 3.59. The van der Waals surface area contributed by atoms with Gasteiger partial charge in [-0.1, -0.05) is 6.92 Å². The maximum absolute atomic E-state index is 5.71. The zero-order valence-corrected chi connectivity index (χ0v) is 10.7. The van der Waals surface area contributed by atoms with Crippen molar-refractivity contribution in [1.29, 1.82) is 0 Å². The van der Waals surface area contributed by atoms with E-state index < -0.39 is 0 Å². The Hall–Kier alpha value is -0.800. The third-order valence-corrected chi connectivity index (χ3v) is 3.28. The van der Waals surface area contributed by atoms with Crippen molar-refractivity contribution >= 4 is 0 Å². The zero-order chi connectivity index (χ0) is 11.9. The van der Waals surface area contributed by atoms with Crippen LogP contribution in [0.4, 0.5) is 0 Å². The Bertz CT molecular complexity index is 291. The van der Waals surface area contributed by atoms with Crippen LogP contribution in [0, 0.1) is 0 Å². The molecule has 3 heteroatoms. The fourth-order valence-electron chi connectivity index (χ4n) is 2.41. The lowest BCUT2D eigenvalue weighted by atomic mass is 10.0. The minimum absolute atomic E-state index is 0.444. The van der Waals surface area contributed by atoms with Gasteiger partial charge in [0.25, 0.3) is 0 Å². The second kappa shape index (κ2) is 6.82. The Labute approximate surface area is 104 Å². The minimum atomic E-state index is 0.444. The highest BCUT2D eigenvalue weighted by atomic mass is 16.5. The van der Waals surface area contributed by atoms with Crippen LogP contribution in [-0.2, 0) is 11.2 Å². The number of hydrogen-bond acceptors (Lipinski definition) is 3. The summed E-state index contributed by atoms with van der Waals surface area (Å²) in [6, 6.07) is 4.48. The predicted molar refractivity (Wildman–Crippen MR) is 68.1 cm³/mol. The lowest BCUT2D eigenvalue weighted by Crippen LogP contribution is -2.35. The van der Waals surface area contributed by atoms with Crippen molar-refractivity contribution in [3.8, 4) is 0 Å². The molecule has 0 bridgehead atoms. The third kappa shape index (κ3) is 4.17. The summed E-state index contributed by atoms with van der Waals surface area (Å²) in [5.74, 6) is 1.07. The van der Waals surface area contributed by atoms with Crippen molar-refractivity contribution in [2.75, 3.05) is 13.2 Å². The lowest BCUT2D eigenvalue weighted by Gasteiger charge is -2.20. The molecule has 0 amide bonds. The first kappa shape index (κ1) is 12.7. The van der Waals surface area contributed by atoms with Gasteiger partial charge in [0, 0.05) is 19.1 Å². The van der Waals surface area contributed by atoms with E-state index in [9.17, 15) is 0 Å². The van der Waals surface area contributed by atoms with Crippen molar-refractivity contribution in [2.45, 2.75) is 51.2 Å². The van der Waals surface area contributed by atoms with E-state index >= 15 is 0 Å². The number of ether oxygens (including phenoxy) is 1. The van der Waals surface area contributed by atoms with Gasteiger partial charge in [0.15, 0.2) is 0 Å². The van der Waals surface area contributed by atoms with E-state index in [-0.39, 0.29) is 0 Å². The number of rotatable bonds is 7. The smallest absolute Gasteiger partial charge is 0.105 e. The summed E-state index contributed by atoms with van der Waals surface area (Å²) in [7, 11) is 0. The molecule has 0 aliphatic carbocycles. The SMILES string of the molecule is CCCNC(Cc1ccco1)CC1CCCO1. The van der Waals surface area contributed by atoms with E-state index in [1.165, 1.54) is 19.3 Å². The van der Waals surface area contributed by atoms with Crippen LogP contribution in [0.3, 0.4) is 0 Å². The van der Waals surface area contributed by atoms with Crippen LogP contribution in [-0.4, -0.2) is 25.3 Å². The molecule has 1 aromatic heterocycles. The maximum Gasteiger partial charge on any atom is 0.105 e. The van der Waals surface area contributed by atoms with Gasteiger partial charge in [-0.2, -0.15) is 0 Å². The highest BCUT2D eigenvalue weighted by Crippen LogP contribution is 2.19. The van der Waals surface area contributed by atoms with Gasteiger partial charge in [0.05, 0.1) is 12.4 Å². The third-order valence-electron chi connectivity index (χ3n) is 3.28. The van der Waals surface area contributed by atoms with E-state index in [0.29, 0.717) is 12.1 Å². The number of furan rings is 1. The van der Waals surface area contributed by atoms with Gasteiger partial charge in [0.2, 0.25) is 0 Å². The van der Waals surface area contributed by atoms with Crippen LogP contribution in [0.25, 0.3) is 0 Å². The maximum atomic E-state index is 5.71. The van der Waals surface area contributed by atoms with Crippen molar-refractivity contribution in [1.82, 2.24) is 5.32 Å². The van der Waals surface area contributed by atoms with Gasteiger partial charge in [-0.05, 0) is 44.4 Å². The second-order valence-electron chi connectivity index (χ2n) is 4.81. The Morgan fingerprint density at radius 1 is 1.53 bits per heavy atom. The summed E-state index contributed by atoms with van der Waals surface area (Å²) in [6.07, 6.45) is 7.85. The monoisotopic (exact) mass is 237 g/mol. The molecule has 0 saturated carbocycles. The molecule has 1 N–H and O–H groups in total. The van der Waals surface area contributed by atoms with Crippen LogP contribution in [0.2, 0.25) is 0 Å². The zero-order valence-electron chi connectivity index (χ0n) is 10.7. The van der Waals surface area contributed by atoms with Crippen LogP contribution in [0.5, 0.6) is 0 Å². The molecular formula is C14H23NO2. The molecule has 2 rings (SSSR count). The summed E-state index contributed by atoms with van der Waals surface area (Å²) in [5.41, 5.74) is 0. The molecule has 2 unspecified atom stereocenters. The second-order valence-corrected chi connectivity index (χ2v) is 4.81. The van der Waals surface area contributed by atoms with Crippen LogP contribution in [0.15, 0.2) is 22.8 Å². The van der Waals surface area contributed by atoms with Crippen LogP contribution < -0.4 is 5.32 Å². The molecule has 1 fully saturated rings. The molecule has 0 spiro atoms. The highest BCUT2D eigenvalue weighted by Gasteiger charge is 2.21. The normalized spacial score (nSPS) is 21.8. The van der Waals surface area contributed by atoms with Gasteiger partial charge in [-0.25, -0.2) is 0 Å². The molecule has 3 nitrogen and oxygen atoms in total. The number of hydrogen-bond donors (Lipinski definition) is 1. The van der Waals surface area contributed by atoms with Crippen LogP contribution >= 0.6 is 0 Å². The lowest BCUT2D eigenvalue weighted by molar-refractivity contribution is 0.0940. The van der Waals surface area contributed by atoms with Crippen molar-refractivity contribution in [3.05, 3.63) is 24.2 Å². The van der Waals surface area contributed by atoms with E-state index in [1.807, 2.05) is 6.07 Å². The first-order valence-corrected chi connectivity index (χ1v) is 6.76. The first-order chi connectivity index (χ1) is 8.38. The van der Waals surface area contributed by atoms with Gasteiger partial charge in [-0.15, -0.1) is 0 Å². The molecule has 0 radical (unpaired) electrons. The van der Waals surface area contributed by atoms with Crippen molar-refractivity contribution in [2.24, 2.45) is 0 Å². The largest absolute Gasteiger partial charge is 0.469 e. The molecule has 0 aromatic carbocycles. The van der Waals surface area contributed by atoms with E-state index in [1.54, 1.807) is 6.26 Å². The topological polar surface area (TPSA) is 34.4 Å². The summed E-state index contributed by atoms with van der Waals surface area (Å²) >= 11 is 0. The molecule has 2 atom stereocenters. The molecule has 1 saturated heterocycles. The standard InChI is InChI=1S/C14H23NO2/c1-2-7-15-12(10-13-5-3-8-16-13)11-14-6-4-9-17-14/h3,5,8,12,14-15H,2,4,6-7,9-11H2,1H3. The molecule has 1 aliphatic heterocycles. The quantitative estimate of drug-likeness (QED) is 0.792. The first-order valence-electron chi connectivity index (χ1n) is 6.76. The van der Waals surface area contributed by atoms with E-state index in [4.69, 9.17) is 9.15 Å². The average Bonchev–Trinajstić information content (AvgIpc) is 2.99. The van der Waals surface area contributed by atoms with E-state index in [2.05, 4.69) is 18.3 Å². The Balaban J connectivity index is 1.83. The van der Waals surface area contributed by atoms with Crippen molar-refractivity contribution in [3.63, 3.8) is 0 Å². The van der Waals surface area contributed by atoms with Gasteiger partial charge < -0.3 is 14.5 Å². The molecule has 1 aromatic rings. The molecule has 1 aliphatic rings. The summed E-state index contributed by atoms with van der Waals surface area (Å²) in [6.45, 7) is 4.20. The summed E-state index contributed by atoms with van der Waals surface area (Å²) in [4.78, 5) is 0. The molecule has 96 valence electrons. The fraction of sp³-hybridized carbons (Fsp3) is 0.714. The van der Waals surface area contributed by atoms with E-state index in [0.717, 1.165) is 31.8 Å². The molecular weight excluding hydrogens is 214 g/mol. The minimum Gasteiger partial charge on any atom is -0.469 e. The molecule has 2 heterocycles. The van der Waals surface area contributed by atoms with Gasteiger partial charge >= 0.3 is 0 Å². The van der Waals surface area contributed by atoms with Crippen LogP contribution in [0.1, 0.15) is 38.4 Å².